The van der Waals surface area contributed by atoms with Gasteiger partial charge in [-0.25, -0.2) is 0 Å². The zero-order chi connectivity index (χ0) is 15.9. The van der Waals surface area contributed by atoms with Crippen molar-refractivity contribution >= 4 is 18.3 Å². The van der Waals surface area contributed by atoms with Crippen LogP contribution in [0.25, 0.3) is 0 Å². The molecule has 1 amide bonds. The zero-order valence-corrected chi connectivity index (χ0v) is 14.3. The van der Waals surface area contributed by atoms with Crippen molar-refractivity contribution in [1.29, 1.82) is 0 Å². The van der Waals surface area contributed by atoms with Crippen LogP contribution in [0, 0.1) is 0 Å². The second kappa shape index (κ2) is 9.43. The van der Waals surface area contributed by atoms with E-state index in [0.717, 1.165) is 25.8 Å². The molecule has 128 valence electrons. The van der Waals surface area contributed by atoms with Crippen LogP contribution in [0.5, 0.6) is 11.5 Å². The number of ether oxygens (including phenoxy) is 2. The number of carbonyl (C=O) groups excluding carboxylic acids is 1. The molecule has 0 aromatic heterocycles. The fourth-order valence-corrected chi connectivity index (χ4v) is 2.75. The second-order valence-corrected chi connectivity index (χ2v) is 5.35. The summed E-state index contributed by atoms with van der Waals surface area (Å²) in [5, 5.41) is 0. The number of hydrogen-bond acceptors (Lipinski definition) is 4. The molecule has 1 saturated heterocycles. The summed E-state index contributed by atoms with van der Waals surface area (Å²) < 4.78 is 10.8. The van der Waals surface area contributed by atoms with Gasteiger partial charge in [0.1, 0.15) is 6.61 Å². The first kappa shape index (κ1) is 19.3. The first-order chi connectivity index (χ1) is 10.7. The highest BCUT2D eigenvalue weighted by Gasteiger charge is 2.26. The number of carbonyl (C=O) groups is 1. The Morgan fingerprint density at radius 1 is 1.43 bits per heavy atom. The molecule has 0 spiro atoms. The molecule has 5 nitrogen and oxygen atoms in total. The Labute approximate surface area is 143 Å². The Hall–Kier alpha value is -1.72. The highest BCUT2D eigenvalue weighted by atomic mass is 35.5. The van der Waals surface area contributed by atoms with E-state index < -0.39 is 0 Å². The summed E-state index contributed by atoms with van der Waals surface area (Å²) in [6.07, 6.45) is 4.79. The molecule has 2 rings (SSSR count). The van der Waals surface area contributed by atoms with Gasteiger partial charge in [0.2, 0.25) is 0 Å². The molecule has 0 saturated carbocycles. The molecule has 1 atom stereocenters. The Balaban J connectivity index is 0.00000264. The number of hydrogen-bond donors (Lipinski definition) is 1. The van der Waals surface area contributed by atoms with Crippen molar-refractivity contribution in [2.24, 2.45) is 5.73 Å². The van der Waals surface area contributed by atoms with Crippen LogP contribution in [-0.4, -0.2) is 43.7 Å². The van der Waals surface area contributed by atoms with Gasteiger partial charge in [0, 0.05) is 24.7 Å². The molecule has 1 aliphatic rings. The average molecular weight is 341 g/mol. The fourth-order valence-electron chi connectivity index (χ4n) is 2.75. The molecule has 1 heterocycles. The van der Waals surface area contributed by atoms with E-state index >= 15 is 0 Å². The van der Waals surface area contributed by atoms with Crippen LogP contribution in [0.3, 0.4) is 0 Å². The van der Waals surface area contributed by atoms with Gasteiger partial charge in [0.25, 0.3) is 5.91 Å². The Morgan fingerprint density at radius 2 is 2.22 bits per heavy atom. The van der Waals surface area contributed by atoms with Crippen LogP contribution in [0.15, 0.2) is 30.9 Å². The minimum Gasteiger partial charge on any atom is -0.493 e. The fraction of sp³-hybridized carbons (Fsp3) is 0.471. The molecule has 23 heavy (non-hydrogen) atoms. The van der Waals surface area contributed by atoms with Gasteiger partial charge in [-0.2, -0.15) is 0 Å². The van der Waals surface area contributed by atoms with Gasteiger partial charge >= 0.3 is 0 Å². The summed E-state index contributed by atoms with van der Waals surface area (Å²) in [7, 11) is 1.56. The molecule has 1 fully saturated rings. The van der Waals surface area contributed by atoms with Crippen LogP contribution >= 0.6 is 12.4 Å². The minimum absolute atomic E-state index is 0. The molecule has 0 bridgehead atoms. The van der Waals surface area contributed by atoms with Gasteiger partial charge in [0.15, 0.2) is 11.5 Å². The van der Waals surface area contributed by atoms with E-state index in [2.05, 4.69) is 6.58 Å². The maximum atomic E-state index is 12.7. The van der Waals surface area contributed by atoms with Gasteiger partial charge in [-0.1, -0.05) is 12.7 Å². The molecule has 2 N–H and O–H groups in total. The molecule has 0 radical (unpaired) electrons. The van der Waals surface area contributed by atoms with Crippen molar-refractivity contribution in [2.45, 2.75) is 25.3 Å². The van der Waals surface area contributed by atoms with Crippen molar-refractivity contribution in [3.8, 4) is 11.5 Å². The summed E-state index contributed by atoms with van der Waals surface area (Å²) in [5.41, 5.74) is 6.40. The molecule has 1 aliphatic heterocycles. The topological polar surface area (TPSA) is 64.8 Å². The molecular formula is C17H25ClN2O3. The Kier molecular flexibility index (Phi) is 7.92. The smallest absolute Gasteiger partial charge is 0.254 e. The van der Waals surface area contributed by atoms with Crippen molar-refractivity contribution in [3.63, 3.8) is 0 Å². The predicted octanol–water partition coefficient (Wildman–Crippen LogP) is 2.64. The number of likely N-dealkylation sites (tertiary alicyclic amines) is 1. The largest absolute Gasteiger partial charge is 0.493 e. The molecular weight excluding hydrogens is 316 g/mol. The van der Waals surface area contributed by atoms with Gasteiger partial charge in [0.05, 0.1) is 7.11 Å². The standard InChI is InChI=1S/C17H24N2O3.ClH/c1-3-10-22-15-8-7-13(11-16(15)21-2)17(20)19-9-5-4-6-14(19)12-18;/h3,7-8,11,14H,1,4-6,9-10,12,18H2,2H3;1H. The number of methoxy groups -OCH3 is 1. The first-order valence-corrected chi connectivity index (χ1v) is 7.64. The summed E-state index contributed by atoms with van der Waals surface area (Å²) in [6.45, 7) is 5.28. The van der Waals surface area contributed by atoms with E-state index in [1.54, 1.807) is 31.4 Å². The van der Waals surface area contributed by atoms with Gasteiger partial charge in [-0.3, -0.25) is 4.79 Å². The lowest BCUT2D eigenvalue weighted by atomic mass is 10.0. The van der Waals surface area contributed by atoms with Crippen LogP contribution in [0.4, 0.5) is 0 Å². The summed E-state index contributed by atoms with van der Waals surface area (Å²) in [6, 6.07) is 5.38. The van der Waals surface area contributed by atoms with Gasteiger partial charge < -0.3 is 20.1 Å². The summed E-state index contributed by atoms with van der Waals surface area (Å²) in [5.74, 6) is 1.16. The second-order valence-electron chi connectivity index (χ2n) is 5.35. The quantitative estimate of drug-likeness (QED) is 0.808. The number of rotatable bonds is 6. The van der Waals surface area contributed by atoms with Crippen LogP contribution < -0.4 is 15.2 Å². The van der Waals surface area contributed by atoms with Crippen LogP contribution in [0.1, 0.15) is 29.6 Å². The number of amides is 1. The highest BCUT2D eigenvalue weighted by Crippen LogP contribution is 2.29. The summed E-state index contributed by atoms with van der Waals surface area (Å²) in [4.78, 5) is 14.6. The SMILES string of the molecule is C=CCOc1ccc(C(=O)N2CCCCC2CN)cc1OC.Cl. The normalized spacial score (nSPS) is 17.1. The molecule has 0 aliphatic carbocycles. The lowest BCUT2D eigenvalue weighted by Gasteiger charge is -2.35. The molecule has 6 heteroatoms. The number of nitrogens with two attached hydrogens (primary N) is 1. The van der Waals surface area contributed by atoms with Gasteiger partial charge in [-0.15, -0.1) is 12.4 Å². The van der Waals surface area contributed by atoms with Crippen LogP contribution in [0.2, 0.25) is 0 Å². The minimum atomic E-state index is 0. The Morgan fingerprint density at radius 3 is 2.87 bits per heavy atom. The first-order valence-electron chi connectivity index (χ1n) is 7.64. The van der Waals surface area contributed by atoms with Crippen molar-refractivity contribution in [2.75, 3.05) is 26.8 Å². The zero-order valence-electron chi connectivity index (χ0n) is 13.5. The van der Waals surface area contributed by atoms with Crippen molar-refractivity contribution < 1.29 is 14.3 Å². The maximum absolute atomic E-state index is 12.7. The van der Waals surface area contributed by atoms with E-state index in [4.69, 9.17) is 15.2 Å². The molecule has 1 unspecified atom stereocenters. The third-order valence-electron chi connectivity index (χ3n) is 3.93. The van der Waals surface area contributed by atoms with E-state index in [9.17, 15) is 4.79 Å². The average Bonchev–Trinajstić information content (AvgIpc) is 2.59. The number of halogens is 1. The highest BCUT2D eigenvalue weighted by molar-refractivity contribution is 5.95. The van der Waals surface area contributed by atoms with E-state index in [-0.39, 0.29) is 24.4 Å². The van der Waals surface area contributed by atoms with Gasteiger partial charge in [-0.05, 0) is 37.5 Å². The molecule has 1 aromatic carbocycles. The number of benzene rings is 1. The summed E-state index contributed by atoms with van der Waals surface area (Å²) >= 11 is 0. The lowest BCUT2D eigenvalue weighted by Crippen LogP contribution is -2.47. The third kappa shape index (κ3) is 4.62. The van der Waals surface area contributed by atoms with Crippen molar-refractivity contribution in [3.05, 3.63) is 36.4 Å². The molecule has 1 aromatic rings. The van der Waals surface area contributed by atoms with Crippen molar-refractivity contribution in [1.82, 2.24) is 4.90 Å². The number of piperidine rings is 1. The predicted molar refractivity (Wildman–Crippen MR) is 93.7 cm³/mol. The third-order valence-corrected chi connectivity index (χ3v) is 3.93. The van der Waals surface area contributed by atoms with E-state index in [1.165, 1.54) is 0 Å². The number of nitrogens with zero attached hydrogens (tertiary/aromatic N) is 1. The Bertz CT molecular complexity index is 537. The maximum Gasteiger partial charge on any atom is 0.254 e. The lowest BCUT2D eigenvalue weighted by molar-refractivity contribution is 0.0623. The van der Waals surface area contributed by atoms with E-state index in [0.29, 0.717) is 30.2 Å². The van der Waals surface area contributed by atoms with E-state index in [1.807, 2.05) is 4.90 Å². The monoisotopic (exact) mass is 340 g/mol. The van der Waals surface area contributed by atoms with Crippen LogP contribution in [-0.2, 0) is 0 Å².